The minimum Gasteiger partial charge on any atom is -0.354 e. The van der Waals surface area contributed by atoms with E-state index in [2.05, 4.69) is 22.5 Å². The van der Waals surface area contributed by atoms with Gasteiger partial charge < -0.3 is 15.5 Å². The number of carbonyl (C=O) groups is 1. The van der Waals surface area contributed by atoms with Gasteiger partial charge in [0.05, 0.1) is 5.54 Å². The summed E-state index contributed by atoms with van der Waals surface area (Å²) in [6.45, 7) is 9.48. The molecule has 0 aromatic carbocycles. The summed E-state index contributed by atoms with van der Waals surface area (Å²) in [5.41, 5.74) is -0.316. The highest BCUT2D eigenvalue weighted by Crippen LogP contribution is 2.19. The first-order chi connectivity index (χ1) is 8.14. The molecule has 98 valence electrons. The molecule has 0 bridgehead atoms. The average molecular weight is 239 g/mol. The Morgan fingerprint density at radius 1 is 1.59 bits per heavy atom. The summed E-state index contributed by atoms with van der Waals surface area (Å²) in [5, 5.41) is 6.43. The lowest BCUT2D eigenvalue weighted by Crippen LogP contribution is -2.52. The lowest BCUT2D eigenvalue weighted by atomic mass is 9.99. The quantitative estimate of drug-likeness (QED) is 0.754. The van der Waals surface area contributed by atoms with Crippen LogP contribution in [0.1, 0.15) is 33.1 Å². The number of hydrogen-bond donors (Lipinski definition) is 2. The number of nitrogens with zero attached hydrogens (tertiary/aromatic N) is 1. The fourth-order valence-corrected chi connectivity index (χ4v) is 2.89. The van der Waals surface area contributed by atoms with Gasteiger partial charge in [0, 0.05) is 13.1 Å². The van der Waals surface area contributed by atoms with Crippen LogP contribution >= 0.6 is 0 Å². The molecule has 2 atom stereocenters. The molecule has 0 spiro atoms. The average Bonchev–Trinajstić information content (AvgIpc) is 2.95. The van der Waals surface area contributed by atoms with Gasteiger partial charge in [0.2, 0.25) is 5.91 Å². The predicted octanol–water partition coefficient (Wildman–Crippen LogP) is 0.587. The van der Waals surface area contributed by atoms with Gasteiger partial charge in [-0.25, -0.2) is 0 Å². The molecule has 2 N–H and O–H groups in total. The Kier molecular flexibility index (Phi) is 4.05. The summed E-state index contributed by atoms with van der Waals surface area (Å²) in [6.07, 6.45) is 3.29. The van der Waals surface area contributed by atoms with Crippen LogP contribution in [0.25, 0.3) is 0 Å². The van der Waals surface area contributed by atoms with Crippen LogP contribution in [0.4, 0.5) is 0 Å². The van der Waals surface area contributed by atoms with Crippen LogP contribution in [0.3, 0.4) is 0 Å². The van der Waals surface area contributed by atoms with Crippen molar-refractivity contribution in [3.63, 3.8) is 0 Å². The molecule has 2 aliphatic heterocycles. The highest BCUT2D eigenvalue weighted by molar-refractivity contribution is 5.86. The molecular formula is C13H25N3O. The molecule has 17 heavy (non-hydrogen) atoms. The first-order valence-corrected chi connectivity index (χ1v) is 6.90. The maximum absolute atomic E-state index is 12.1. The maximum atomic E-state index is 12.1. The Morgan fingerprint density at radius 2 is 2.41 bits per heavy atom. The largest absolute Gasteiger partial charge is 0.354 e. The zero-order chi connectivity index (χ0) is 12.3. The van der Waals surface area contributed by atoms with Crippen LogP contribution in [0.5, 0.6) is 0 Å². The van der Waals surface area contributed by atoms with Crippen molar-refractivity contribution >= 4 is 5.91 Å². The Hall–Kier alpha value is -0.610. The molecule has 2 aliphatic rings. The van der Waals surface area contributed by atoms with E-state index in [-0.39, 0.29) is 11.4 Å². The van der Waals surface area contributed by atoms with Crippen molar-refractivity contribution in [2.24, 2.45) is 5.92 Å². The summed E-state index contributed by atoms with van der Waals surface area (Å²) in [6, 6.07) is 0. The van der Waals surface area contributed by atoms with Gasteiger partial charge in [0.15, 0.2) is 0 Å². The Bertz CT molecular complexity index is 274. The van der Waals surface area contributed by atoms with Crippen LogP contribution in [0.2, 0.25) is 0 Å². The van der Waals surface area contributed by atoms with E-state index >= 15 is 0 Å². The van der Waals surface area contributed by atoms with E-state index in [1.807, 2.05) is 6.92 Å². The van der Waals surface area contributed by atoms with Crippen molar-refractivity contribution < 1.29 is 4.79 Å². The lowest BCUT2D eigenvalue weighted by molar-refractivity contribution is -0.126. The minimum atomic E-state index is -0.316. The number of amides is 1. The summed E-state index contributed by atoms with van der Waals surface area (Å²) in [7, 11) is 0. The van der Waals surface area contributed by atoms with Crippen LogP contribution in [0.15, 0.2) is 0 Å². The molecule has 2 fully saturated rings. The van der Waals surface area contributed by atoms with Gasteiger partial charge in [-0.15, -0.1) is 0 Å². The third-order valence-corrected chi connectivity index (χ3v) is 4.24. The highest BCUT2D eigenvalue weighted by Gasteiger charge is 2.36. The molecule has 2 unspecified atom stereocenters. The van der Waals surface area contributed by atoms with Gasteiger partial charge in [-0.3, -0.25) is 4.79 Å². The molecule has 0 radical (unpaired) electrons. The van der Waals surface area contributed by atoms with Gasteiger partial charge in [0.1, 0.15) is 0 Å². The molecule has 2 rings (SSSR count). The Morgan fingerprint density at radius 3 is 3.00 bits per heavy atom. The maximum Gasteiger partial charge on any atom is 0.240 e. The van der Waals surface area contributed by atoms with Crippen molar-refractivity contribution in [1.82, 2.24) is 15.5 Å². The van der Waals surface area contributed by atoms with E-state index in [9.17, 15) is 4.79 Å². The molecule has 2 saturated heterocycles. The monoisotopic (exact) mass is 239 g/mol. The van der Waals surface area contributed by atoms with Crippen molar-refractivity contribution in [3.05, 3.63) is 0 Å². The van der Waals surface area contributed by atoms with Gasteiger partial charge in [-0.2, -0.15) is 0 Å². The van der Waals surface area contributed by atoms with E-state index in [4.69, 9.17) is 0 Å². The van der Waals surface area contributed by atoms with Crippen molar-refractivity contribution in [2.45, 2.75) is 38.6 Å². The summed E-state index contributed by atoms with van der Waals surface area (Å²) >= 11 is 0. The standard InChI is InChI=1S/C13H25N3O/c1-3-16-8-5-11(10-16)9-14-12(17)13(2)6-4-7-15-13/h11,15H,3-10H2,1-2H3,(H,14,17). The molecule has 2 heterocycles. The van der Waals surface area contributed by atoms with E-state index in [0.29, 0.717) is 5.92 Å². The molecule has 0 aromatic rings. The number of likely N-dealkylation sites (tertiary alicyclic amines) is 1. The van der Waals surface area contributed by atoms with Gasteiger partial charge in [0.25, 0.3) is 0 Å². The third kappa shape index (κ3) is 2.99. The van der Waals surface area contributed by atoms with Gasteiger partial charge >= 0.3 is 0 Å². The second-order valence-electron chi connectivity index (χ2n) is 5.62. The highest BCUT2D eigenvalue weighted by atomic mass is 16.2. The van der Waals surface area contributed by atoms with Crippen molar-refractivity contribution in [3.8, 4) is 0 Å². The second kappa shape index (κ2) is 5.36. The Balaban J connectivity index is 1.73. The third-order valence-electron chi connectivity index (χ3n) is 4.24. The molecule has 0 aliphatic carbocycles. The number of rotatable bonds is 4. The normalized spacial score (nSPS) is 34.1. The molecule has 0 saturated carbocycles. The molecule has 1 amide bonds. The second-order valence-corrected chi connectivity index (χ2v) is 5.62. The number of carbonyl (C=O) groups excluding carboxylic acids is 1. The number of nitrogens with one attached hydrogen (secondary N) is 2. The zero-order valence-corrected chi connectivity index (χ0v) is 11.1. The summed E-state index contributed by atoms with van der Waals surface area (Å²) < 4.78 is 0. The van der Waals surface area contributed by atoms with E-state index in [1.54, 1.807) is 0 Å². The molecular weight excluding hydrogens is 214 g/mol. The van der Waals surface area contributed by atoms with E-state index in [1.165, 1.54) is 13.0 Å². The van der Waals surface area contributed by atoms with Crippen molar-refractivity contribution in [2.75, 3.05) is 32.7 Å². The molecule has 4 nitrogen and oxygen atoms in total. The molecule has 0 aromatic heterocycles. The smallest absolute Gasteiger partial charge is 0.240 e. The molecule has 4 heteroatoms. The van der Waals surface area contributed by atoms with Gasteiger partial charge in [-0.1, -0.05) is 6.92 Å². The van der Waals surface area contributed by atoms with E-state index < -0.39 is 0 Å². The summed E-state index contributed by atoms with van der Waals surface area (Å²) in [4.78, 5) is 14.5. The van der Waals surface area contributed by atoms with Crippen LogP contribution in [-0.4, -0.2) is 49.1 Å². The van der Waals surface area contributed by atoms with Crippen molar-refractivity contribution in [1.29, 1.82) is 0 Å². The number of hydrogen-bond acceptors (Lipinski definition) is 3. The minimum absolute atomic E-state index is 0.185. The SMILES string of the molecule is CCN1CCC(CNC(=O)C2(C)CCCN2)C1. The Labute approximate surface area is 104 Å². The fourth-order valence-electron chi connectivity index (χ4n) is 2.89. The van der Waals surface area contributed by atoms with Crippen LogP contribution in [-0.2, 0) is 4.79 Å². The first-order valence-electron chi connectivity index (χ1n) is 6.90. The predicted molar refractivity (Wildman–Crippen MR) is 68.9 cm³/mol. The van der Waals surface area contributed by atoms with Crippen LogP contribution < -0.4 is 10.6 Å². The zero-order valence-electron chi connectivity index (χ0n) is 11.1. The lowest BCUT2D eigenvalue weighted by Gasteiger charge is -2.24. The van der Waals surface area contributed by atoms with E-state index in [0.717, 1.165) is 39.0 Å². The fraction of sp³-hybridized carbons (Fsp3) is 0.923. The first kappa shape index (κ1) is 12.8. The van der Waals surface area contributed by atoms with Crippen LogP contribution in [0, 0.1) is 5.92 Å². The topological polar surface area (TPSA) is 44.4 Å². The van der Waals surface area contributed by atoms with Gasteiger partial charge in [-0.05, 0) is 51.7 Å². The summed E-state index contributed by atoms with van der Waals surface area (Å²) in [5.74, 6) is 0.828.